The van der Waals surface area contributed by atoms with Gasteiger partial charge in [-0.15, -0.1) is 11.3 Å². The summed E-state index contributed by atoms with van der Waals surface area (Å²) in [6, 6.07) is 5.31. The van der Waals surface area contributed by atoms with Gasteiger partial charge in [-0.05, 0) is 54.2 Å². The Hall–Kier alpha value is 0.1000. The van der Waals surface area contributed by atoms with Crippen molar-refractivity contribution in [1.82, 2.24) is 5.32 Å². The molecule has 2 nitrogen and oxygen atoms in total. The van der Waals surface area contributed by atoms with Crippen LogP contribution in [0.2, 0.25) is 0 Å². The van der Waals surface area contributed by atoms with Crippen LogP contribution >= 0.6 is 27.3 Å². The summed E-state index contributed by atoms with van der Waals surface area (Å²) < 4.78 is 7.07. The molecule has 0 spiro atoms. The van der Waals surface area contributed by atoms with Crippen molar-refractivity contribution in [1.29, 1.82) is 0 Å². The number of thiophene rings is 1. The molecule has 4 unspecified atom stereocenters. The number of ether oxygens (including phenoxy) is 1. The summed E-state index contributed by atoms with van der Waals surface area (Å²) in [4.78, 5) is 1.40. The monoisotopic (exact) mass is 301 g/mol. The third-order valence-corrected chi connectivity index (χ3v) is 5.40. The number of nitrogens with one attached hydrogen (secondary N) is 1. The lowest BCUT2D eigenvalue weighted by Crippen LogP contribution is -2.38. The minimum Gasteiger partial charge on any atom is -0.373 e. The number of hydrogen-bond acceptors (Lipinski definition) is 3. The summed E-state index contributed by atoms with van der Waals surface area (Å²) in [5, 5.41) is 3.70. The van der Waals surface area contributed by atoms with Crippen molar-refractivity contribution < 1.29 is 4.74 Å². The number of rotatable bonds is 3. The van der Waals surface area contributed by atoms with Crippen molar-refractivity contribution in [3.8, 4) is 0 Å². The molecule has 0 aromatic carbocycles. The van der Waals surface area contributed by atoms with Crippen LogP contribution in [0.3, 0.4) is 0 Å². The zero-order valence-corrected chi connectivity index (χ0v) is 11.7. The van der Waals surface area contributed by atoms with Crippen molar-refractivity contribution in [2.24, 2.45) is 0 Å². The smallest absolute Gasteiger partial charge is 0.0733 e. The van der Waals surface area contributed by atoms with E-state index in [1.54, 1.807) is 0 Å². The average molecular weight is 302 g/mol. The fraction of sp³-hybridized carbons (Fsp3) is 0.667. The first kappa shape index (κ1) is 11.2. The number of fused-ring (bicyclic) bond motifs is 2. The topological polar surface area (TPSA) is 21.3 Å². The SMILES string of the molecule is CC(NC1CC2CCC1O2)c1ccc(Br)s1. The van der Waals surface area contributed by atoms with Gasteiger partial charge in [0.15, 0.2) is 0 Å². The van der Waals surface area contributed by atoms with Gasteiger partial charge < -0.3 is 10.1 Å². The molecule has 1 aromatic rings. The van der Waals surface area contributed by atoms with Crippen LogP contribution in [0.25, 0.3) is 0 Å². The summed E-state index contributed by atoms with van der Waals surface area (Å²) >= 11 is 5.32. The van der Waals surface area contributed by atoms with E-state index >= 15 is 0 Å². The molecule has 88 valence electrons. The Morgan fingerprint density at radius 2 is 2.38 bits per heavy atom. The fourth-order valence-corrected chi connectivity index (χ4v) is 4.21. The second kappa shape index (κ2) is 4.41. The van der Waals surface area contributed by atoms with E-state index in [0.717, 1.165) is 0 Å². The highest BCUT2D eigenvalue weighted by atomic mass is 79.9. The molecule has 2 saturated heterocycles. The van der Waals surface area contributed by atoms with E-state index in [1.165, 1.54) is 27.9 Å². The van der Waals surface area contributed by atoms with Crippen LogP contribution in [-0.4, -0.2) is 18.2 Å². The lowest BCUT2D eigenvalue weighted by atomic mass is 9.95. The average Bonchev–Trinajstić information content (AvgIpc) is 2.92. The third kappa shape index (κ3) is 2.08. The molecule has 2 bridgehead atoms. The second-order valence-corrected chi connectivity index (χ2v) is 7.24. The van der Waals surface area contributed by atoms with Gasteiger partial charge >= 0.3 is 0 Å². The predicted molar refractivity (Wildman–Crippen MR) is 69.9 cm³/mol. The standard InChI is InChI=1S/C12H16BrNOS/c1-7(11-4-5-12(13)16-11)14-9-6-8-2-3-10(9)15-8/h4-5,7-10,14H,2-3,6H2,1H3. The van der Waals surface area contributed by atoms with Crippen molar-refractivity contribution >= 4 is 27.3 Å². The van der Waals surface area contributed by atoms with Gasteiger partial charge in [-0.3, -0.25) is 0 Å². The molecule has 4 heteroatoms. The first-order chi connectivity index (χ1) is 7.72. The van der Waals surface area contributed by atoms with Crippen LogP contribution in [0.15, 0.2) is 15.9 Å². The summed E-state index contributed by atoms with van der Waals surface area (Å²) in [5.74, 6) is 0. The van der Waals surface area contributed by atoms with E-state index in [1.807, 2.05) is 11.3 Å². The van der Waals surface area contributed by atoms with E-state index < -0.39 is 0 Å². The molecule has 16 heavy (non-hydrogen) atoms. The van der Waals surface area contributed by atoms with Gasteiger partial charge in [0.05, 0.1) is 16.0 Å². The Bertz CT molecular complexity index is 381. The molecule has 3 rings (SSSR count). The zero-order chi connectivity index (χ0) is 11.1. The molecule has 4 atom stereocenters. The van der Waals surface area contributed by atoms with E-state index in [0.29, 0.717) is 24.3 Å². The van der Waals surface area contributed by atoms with E-state index in [4.69, 9.17) is 4.74 Å². The molecule has 3 heterocycles. The van der Waals surface area contributed by atoms with Crippen LogP contribution in [0.4, 0.5) is 0 Å². The number of halogens is 1. The highest BCUT2D eigenvalue weighted by Crippen LogP contribution is 2.36. The minimum absolute atomic E-state index is 0.434. The Labute approximate surface area is 109 Å². The first-order valence-corrected chi connectivity index (χ1v) is 7.50. The van der Waals surface area contributed by atoms with Gasteiger partial charge in [-0.25, -0.2) is 0 Å². The summed E-state index contributed by atoms with van der Waals surface area (Å²) in [6.45, 7) is 2.24. The van der Waals surface area contributed by atoms with Crippen molar-refractivity contribution in [2.45, 2.75) is 50.5 Å². The molecule has 0 saturated carbocycles. The van der Waals surface area contributed by atoms with Gasteiger partial charge in [0.1, 0.15) is 0 Å². The maximum absolute atomic E-state index is 5.86. The van der Waals surface area contributed by atoms with Crippen LogP contribution in [0.1, 0.15) is 37.1 Å². The van der Waals surface area contributed by atoms with Crippen LogP contribution in [0, 0.1) is 0 Å². The minimum atomic E-state index is 0.434. The molecule has 1 N–H and O–H groups in total. The normalized spacial score (nSPS) is 34.5. The molecule has 1 aromatic heterocycles. The van der Waals surface area contributed by atoms with Gasteiger partial charge in [-0.1, -0.05) is 0 Å². The quantitative estimate of drug-likeness (QED) is 0.923. The van der Waals surface area contributed by atoms with Crippen molar-refractivity contribution in [2.75, 3.05) is 0 Å². The largest absolute Gasteiger partial charge is 0.373 e. The van der Waals surface area contributed by atoms with Crippen molar-refractivity contribution in [3.63, 3.8) is 0 Å². The van der Waals surface area contributed by atoms with Gasteiger partial charge in [0.25, 0.3) is 0 Å². The Morgan fingerprint density at radius 3 is 2.94 bits per heavy atom. The Balaban J connectivity index is 1.62. The molecule has 2 fully saturated rings. The molecule has 0 amide bonds. The van der Waals surface area contributed by atoms with Gasteiger partial charge in [0.2, 0.25) is 0 Å². The lowest BCUT2D eigenvalue weighted by molar-refractivity contribution is 0.0963. The van der Waals surface area contributed by atoms with Crippen LogP contribution in [0.5, 0.6) is 0 Å². The van der Waals surface area contributed by atoms with Crippen molar-refractivity contribution in [3.05, 3.63) is 20.8 Å². The molecule has 0 radical (unpaired) electrons. The summed E-state index contributed by atoms with van der Waals surface area (Å²) in [5.41, 5.74) is 0. The zero-order valence-electron chi connectivity index (χ0n) is 9.28. The highest BCUT2D eigenvalue weighted by Gasteiger charge is 2.41. The Kier molecular flexibility index (Phi) is 3.09. The van der Waals surface area contributed by atoms with Crippen LogP contribution < -0.4 is 5.32 Å². The Morgan fingerprint density at radius 1 is 1.50 bits per heavy atom. The second-order valence-electron chi connectivity index (χ2n) is 4.75. The predicted octanol–water partition coefficient (Wildman–Crippen LogP) is 3.48. The maximum Gasteiger partial charge on any atom is 0.0733 e. The van der Waals surface area contributed by atoms with E-state index in [-0.39, 0.29) is 0 Å². The fourth-order valence-electron chi connectivity index (χ4n) is 2.78. The lowest BCUT2D eigenvalue weighted by Gasteiger charge is -2.23. The summed E-state index contributed by atoms with van der Waals surface area (Å²) in [6.07, 6.45) is 4.70. The number of hydrogen-bond donors (Lipinski definition) is 1. The molecule has 2 aliphatic rings. The van der Waals surface area contributed by atoms with E-state index in [9.17, 15) is 0 Å². The highest BCUT2D eigenvalue weighted by molar-refractivity contribution is 9.11. The van der Waals surface area contributed by atoms with Crippen LogP contribution in [-0.2, 0) is 4.74 Å². The van der Waals surface area contributed by atoms with Gasteiger partial charge in [-0.2, -0.15) is 0 Å². The molecular weight excluding hydrogens is 286 g/mol. The first-order valence-electron chi connectivity index (χ1n) is 5.89. The summed E-state index contributed by atoms with van der Waals surface area (Å²) in [7, 11) is 0. The molecule has 2 aliphatic heterocycles. The maximum atomic E-state index is 5.86. The molecule has 0 aliphatic carbocycles. The molecular formula is C12H16BrNOS. The third-order valence-electron chi connectivity index (χ3n) is 3.59. The van der Waals surface area contributed by atoms with E-state index in [2.05, 4.69) is 40.3 Å². The van der Waals surface area contributed by atoms with Gasteiger partial charge in [0, 0.05) is 17.0 Å².